The van der Waals surface area contributed by atoms with Crippen molar-refractivity contribution < 1.29 is 14.0 Å². The van der Waals surface area contributed by atoms with Crippen LogP contribution in [0.4, 0.5) is 15.8 Å². The number of hydrogen-bond acceptors (Lipinski definition) is 3. The molecule has 2 amide bonds. The van der Waals surface area contributed by atoms with Crippen molar-refractivity contribution in [3.8, 4) is 0 Å². The van der Waals surface area contributed by atoms with Gasteiger partial charge in [-0.3, -0.25) is 9.59 Å². The molecule has 5 nitrogen and oxygen atoms in total. The molecule has 2 rings (SSSR count). The van der Waals surface area contributed by atoms with Gasteiger partial charge in [0, 0.05) is 23.9 Å². The van der Waals surface area contributed by atoms with Gasteiger partial charge >= 0.3 is 0 Å². The van der Waals surface area contributed by atoms with Crippen molar-refractivity contribution in [3.05, 3.63) is 59.9 Å². The lowest BCUT2D eigenvalue weighted by molar-refractivity contribution is -0.117. The topological polar surface area (TPSA) is 70.2 Å². The molecule has 3 N–H and O–H groups in total. The third-order valence-corrected chi connectivity index (χ3v) is 2.98. The third kappa shape index (κ3) is 5.15. The largest absolute Gasteiger partial charge is 0.332 e. The lowest BCUT2D eigenvalue weighted by Crippen LogP contribution is -2.32. The molecule has 0 aliphatic rings. The van der Waals surface area contributed by atoms with E-state index in [2.05, 4.69) is 16.0 Å². The smallest absolute Gasteiger partial charge is 0.255 e. The minimum atomic E-state index is -0.469. The molecule has 0 heterocycles. The number of thiocarbonyl (C=S) groups is 1. The van der Waals surface area contributed by atoms with Gasteiger partial charge in [-0.2, -0.15) is 0 Å². The molecular weight excluding hydrogens is 317 g/mol. The maximum atomic E-state index is 13.1. The van der Waals surface area contributed by atoms with Gasteiger partial charge in [-0.15, -0.1) is 0 Å². The van der Waals surface area contributed by atoms with Crippen molar-refractivity contribution in [2.24, 2.45) is 0 Å². The Morgan fingerprint density at radius 3 is 2.17 bits per heavy atom. The summed E-state index contributed by atoms with van der Waals surface area (Å²) in [7, 11) is 0. The molecule has 118 valence electrons. The van der Waals surface area contributed by atoms with Gasteiger partial charge in [0.1, 0.15) is 5.82 Å². The second-order valence-corrected chi connectivity index (χ2v) is 5.09. The Kier molecular flexibility index (Phi) is 5.37. The Morgan fingerprint density at radius 2 is 1.61 bits per heavy atom. The van der Waals surface area contributed by atoms with Crippen LogP contribution >= 0.6 is 12.2 Å². The average Bonchev–Trinajstić information content (AvgIpc) is 2.48. The highest BCUT2D eigenvalue weighted by Gasteiger charge is 2.07. The Labute approximate surface area is 137 Å². The SMILES string of the molecule is CC(=O)NC(=S)Nc1ccc(NC(=O)c2cccc(F)c2)cc1. The first-order valence-corrected chi connectivity index (χ1v) is 7.10. The van der Waals surface area contributed by atoms with Crippen LogP contribution in [-0.2, 0) is 4.79 Å². The Bertz CT molecular complexity index is 747. The van der Waals surface area contributed by atoms with Crippen LogP contribution in [0.2, 0.25) is 0 Å². The summed E-state index contributed by atoms with van der Waals surface area (Å²) in [5.74, 6) is -1.14. The molecule has 0 saturated carbocycles. The van der Waals surface area contributed by atoms with E-state index in [1.807, 2.05) is 0 Å². The molecule has 7 heteroatoms. The van der Waals surface area contributed by atoms with Crippen LogP contribution in [0.25, 0.3) is 0 Å². The third-order valence-electron chi connectivity index (χ3n) is 2.78. The molecule has 2 aromatic carbocycles. The fourth-order valence-corrected chi connectivity index (χ4v) is 2.05. The molecule has 0 fully saturated rings. The van der Waals surface area contributed by atoms with E-state index in [4.69, 9.17) is 12.2 Å². The summed E-state index contributed by atoms with van der Waals surface area (Å²) in [4.78, 5) is 22.9. The molecular formula is C16H14FN3O2S. The van der Waals surface area contributed by atoms with E-state index in [-0.39, 0.29) is 16.6 Å². The minimum Gasteiger partial charge on any atom is -0.332 e. The van der Waals surface area contributed by atoms with Gasteiger partial charge in [0.05, 0.1) is 0 Å². The van der Waals surface area contributed by atoms with Crippen molar-refractivity contribution in [2.75, 3.05) is 10.6 Å². The fourth-order valence-electron chi connectivity index (χ4n) is 1.79. The standard InChI is InChI=1S/C16H14FN3O2S/c1-10(21)18-16(23)20-14-7-5-13(6-8-14)19-15(22)11-3-2-4-12(17)9-11/h2-9H,1H3,(H,19,22)(H2,18,20,21,23). The van der Waals surface area contributed by atoms with Crippen molar-refractivity contribution in [1.82, 2.24) is 5.32 Å². The van der Waals surface area contributed by atoms with Gasteiger partial charge in [0.2, 0.25) is 5.91 Å². The lowest BCUT2D eigenvalue weighted by Gasteiger charge is -2.09. The number of carbonyl (C=O) groups is 2. The highest BCUT2D eigenvalue weighted by molar-refractivity contribution is 7.80. The lowest BCUT2D eigenvalue weighted by atomic mass is 10.2. The summed E-state index contributed by atoms with van der Waals surface area (Å²) in [6, 6.07) is 12.1. The Hall–Kier alpha value is -2.80. The average molecular weight is 331 g/mol. The minimum absolute atomic E-state index is 0.189. The molecule has 0 aliphatic carbocycles. The van der Waals surface area contributed by atoms with Crippen LogP contribution < -0.4 is 16.0 Å². The van der Waals surface area contributed by atoms with Gasteiger partial charge in [-0.1, -0.05) is 6.07 Å². The molecule has 23 heavy (non-hydrogen) atoms. The van der Waals surface area contributed by atoms with Gasteiger partial charge in [-0.05, 0) is 54.7 Å². The van der Waals surface area contributed by atoms with Gasteiger partial charge < -0.3 is 16.0 Å². The van der Waals surface area contributed by atoms with Crippen LogP contribution in [0, 0.1) is 5.82 Å². The molecule has 0 aliphatic heterocycles. The predicted molar refractivity (Wildman–Crippen MR) is 90.8 cm³/mol. The molecule has 0 radical (unpaired) electrons. The normalized spacial score (nSPS) is 9.83. The zero-order chi connectivity index (χ0) is 16.8. The molecule has 0 atom stereocenters. The van der Waals surface area contributed by atoms with Crippen molar-refractivity contribution >= 4 is 40.5 Å². The second kappa shape index (κ2) is 7.46. The second-order valence-electron chi connectivity index (χ2n) is 4.68. The number of halogens is 1. The molecule has 0 spiro atoms. The summed E-state index contributed by atoms with van der Waals surface area (Å²) in [6.45, 7) is 1.36. The van der Waals surface area contributed by atoms with Gasteiger partial charge in [0.15, 0.2) is 5.11 Å². The number of anilines is 2. The van der Waals surface area contributed by atoms with Gasteiger partial charge in [-0.25, -0.2) is 4.39 Å². The monoisotopic (exact) mass is 331 g/mol. The number of hydrogen-bond donors (Lipinski definition) is 3. The van der Waals surface area contributed by atoms with Gasteiger partial charge in [0.25, 0.3) is 5.91 Å². The highest BCUT2D eigenvalue weighted by Crippen LogP contribution is 2.15. The maximum Gasteiger partial charge on any atom is 0.255 e. The number of amides is 2. The number of rotatable bonds is 3. The van der Waals surface area contributed by atoms with E-state index in [9.17, 15) is 14.0 Å². The van der Waals surface area contributed by atoms with Crippen LogP contribution in [0.3, 0.4) is 0 Å². The zero-order valence-corrected chi connectivity index (χ0v) is 13.0. The van der Waals surface area contributed by atoms with E-state index in [0.717, 1.165) is 6.07 Å². The summed E-state index contributed by atoms with van der Waals surface area (Å²) >= 11 is 4.94. The van der Waals surface area contributed by atoms with Crippen LogP contribution in [0.5, 0.6) is 0 Å². The predicted octanol–water partition coefficient (Wildman–Crippen LogP) is 2.91. The Morgan fingerprint density at radius 1 is 1.00 bits per heavy atom. The highest BCUT2D eigenvalue weighted by atomic mass is 32.1. The first kappa shape index (κ1) is 16.6. The summed E-state index contributed by atoms with van der Waals surface area (Å²) < 4.78 is 13.1. The van der Waals surface area contributed by atoms with Crippen LogP contribution in [0.1, 0.15) is 17.3 Å². The molecule has 0 saturated heterocycles. The van der Waals surface area contributed by atoms with Crippen molar-refractivity contribution in [2.45, 2.75) is 6.92 Å². The van der Waals surface area contributed by atoms with E-state index in [0.29, 0.717) is 11.4 Å². The number of benzene rings is 2. The summed E-state index contributed by atoms with van der Waals surface area (Å²) in [5, 5.41) is 8.12. The maximum absolute atomic E-state index is 13.1. The van der Waals surface area contributed by atoms with E-state index in [1.54, 1.807) is 24.3 Å². The Balaban J connectivity index is 1.98. The van der Waals surface area contributed by atoms with Crippen molar-refractivity contribution in [3.63, 3.8) is 0 Å². The fraction of sp³-hybridized carbons (Fsp3) is 0.0625. The molecule has 0 bridgehead atoms. The summed E-state index contributed by atoms with van der Waals surface area (Å²) in [5.41, 5.74) is 1.45. The quantitative estimate of drug-likeness (QED) is 0.757. The zero-order valence-electron chi connectivity index (χ0n) is 12.2. The number of nitrogens with one attached hydrogen (secondary N) is 3. The van der Waals surface area contributed by atoms with E-state index >= 15 is 0 Å². The van der Waals surface area contributed by atoms with E-state index < -0.39 is 11.7 Å². The number of carbonyl (C=O) groups excluding carboxylic acids is 2. The van der Waals surface area contributed by atoms with Crippen molar-refractivity contribution in [1.29, 1.82) is 0 Å². The molecule has 0 aromatic heterocycles. The first-order chi connectivity index (χ1) is 10.9. The van der Waals surface area contributed by atoms with Crippen LogP contribution in [-0.4, -0.2) is 16.9 Å². The van der Waals surface area contributed by atoms with E-state index in [1.165, 1.54) is 25.1 Å². The summed E-state index contributed by atoms with van der Waals surface area (Å²) in [6.07, 6.45) is 0. The molecule has 0 unspecified atom stereocenters. The molecule has 2 aromatic rings. The first-order valence-electron chi connectivity index (χ1n) is 6.69. The van der Waals surface area contributed by atoms with Crippen LogP contribution in [0.15, 0.2) is 48.5 Å².